The maximum Gasteiger partial charge on any atom is 0.287 e. The van der Waals surface area contributed by atoms with E-state index in [-0.39, 0.29) is 5.76 Å². The average molecular weight is 205 g/mol. The van der Waals surface area contributed by atoms with E-state index in [0.717, 1.165) is 18.4 Å². The van der Waals surface area contributed by atoms with E-state index in [9.17, 15) is 4.79 Å². The molecule has 1 heterocycles. The van der Waals surface area contributed by atoms with Gasteiger partial charge in [0, 0.05) is 0 Å². The molecule has 1 aliphatic carbocycles. The number of amides is 1. The number of hydrogen-bond donors (Lipinski definition) is 1. The Balaban J connectivity index is 2.12. The number of carbonyl (C=O) groups excluding carboxylic acids is 1. The van der Waals surface area contributed by atoms with Crippen molar-refractivity contribution in [3.05, 3.63) is 47.8 Å². The lowest BCUT2D eigenvalue weighted by atomic mass is 10.0. The van der Waals surface area contributed by atoms with Crippen LogP contribution in [0.25, 0.3) is 0 Å². The van der Waals surface area contributed by atoms with Crippen LogP contribution in [0.3, 0.4) is 0 Å². The normalized spacial score (nSPS) is 19.3. The Bertz CT molecular complexity index is 402. The Hall–Kier alpha value is -1.97. The minimum atomic E-state index is -0.632. The second-order valence-electron chi connectivity index (χ2n) is 3.23. The molecule has 0 spiro atoms. The molecule has 1 aliphatic heterocycles. The van der Waals surface area contributed by atoms with Gasteiger partial charge in [-0.3, -0.25) is 4.79 Å². The molecule has 0 atom stereocenters. The van der Waals surface area contributed by atoms with Crippen molar-refractivity contribution in [1.29, 1.82) is 0 Å². The SMILES string of the molecule is NC(=O)C1=COC=C(C2=CC=CCC2)O1. The molecule has 0 saturated heterocycles. The monoisotopic (exact) mass is 205 g/mol. The van der Waals surface area contributed by atoms with E-state index in [1.54, 1.807) is 0 Å². The maximum absolute atomic E-state index is 10.9. The number of hydrogen-bond acceptors (Lipinski definition) is 3. The molecule has 2 N–H and O–H groups in total. The van der Waals surface area contributed by atoms with E-state index < -0.39 is 5.91 Å². The number of primary amides is 1. The number of rotatable bonds is 2. The summed E-state index contributed by atoms with van der Waals surface area (Å²) >= 11 is 0. The number of ether oxygens (including phenoxy) is 2. The van der Waals surface area contributed by atoms with Crippen molar-refractivity contribution in [2.45, 2.75) is 12.8 Å². The van der Waals surface area contributed by atoms with Crippen LogP contribution in [0, 0.1) is 0 Å². The van der Waals surface area contributed by atoms with Crippen LogP contribution in [0.1, 0.15) is 12.8 Å². The van der Waals surface area contributed by atoms with Crippen LogP contribution in [0.4, 0.5) is 0 Å². The minimum Gasteiger partial charge on any atom is -0.465 e. The van der Waals surface area contributed by atoms with Gasteiger partial charge >= 0.3 is 0 Å². The predicted octanol–water partition coefficient (Wildman–Crippen LogP) is 1.48. The van der Waals surface area contributed by atoms with Crippen LogP contribution in [0.5, 0.6) is 0 Å². The van der Waals surface area contributed by atoms with Gasteiger partial charge in [0.1, 0.15) is 12.5 Å². The van der Waals surface area contributed by atoms with Gasteiger partial charge in [-0.25, -0.2) is 0 Å². The van der Waals surface area contributed by atoms with Crippen LogP contribution >= 0.6 is 0 Å². The molecule has 0 aromatic carbocycles. The lowest BCUT2D eigenvalue weighted by molar-refractivity contribution is -0.117. The van der Waals surface area contributed by atoms with Gasteiger partial charge in [0.15, 0.2) is 5.76 Å². The fourth-order valence-electron chi connectivity index (χ4n) is 1.38. The van der Waals surface area contributed by atoms with E-state index >= 15 is 0 Å². The van der Waals surface area contributed by atoms with Crippen LogP contribution in [-0.4, -0.2) is 5.91 Å². The second-order valence-corrected chi connectivity index (χ2v) is 3.23. The smallest absolute Gasteiger partial charge is 0.287 e. The molecule has 4 nitrogen and oxygen atoms in total. The van der Waals surface area contributed by atoms with E-state index in [2.05, 4.69) is 6.08 Å². The zero-order chi connectivity index (χ0) is 10.7. The highest BCUT2D eigenvalue weighted by Crippen LogP contribution is 2.25. The van der Waals surface area contributed by atoms with Crippen molar-refractivity contribution < 1.29 is 14.3 Å². The van der Waals surface area contributed by atoms with Gasteiger partial charge in [-0.15, -0.1) is 0 Å². The molecule has 15 heavy (non-hydrogen) atoms. The van der Waals surface area contributed by atoms with Gasteiger partial charge in [0.2, 0.25) is 5.76 Å². The van der Waals surface area contributed by atoms with Gasteiger partial charge < -0.3 is 15.2 Å². The van der Waals surface area contributed by atoms with Gasteiger partial charge in [0.05, 0.1) is 0 Å². The molecule has 0 radical (unpaired) electrons. The molecular weight excluding hydrogens is 194 g/mol. The topological polar surface area (TPSA) is 61.6 Å². The quantitative estimate of drug-likeness (QED) is 0.742. The highest BCUT2D eigenvalue weighted by Gasteiger charge is 2.17. The van der Waals surface area contributed by atoms with E-state index in [1.165, 1.54) is 12.5 Å². The summed E-state index contributed by atoms with van der Waals surface area (Å²) in [5, 5.41) is 0. The van der Waals surface area contributed by atoms with Crippen molar-refractivity contribution in [3.8, 4) is 0 Å². The molecule has 0 bridgehead atoms. The number of carbonyl (C=O) groups is 1. The molecule has 0 unspecified atom stereocenters. The summed E-state index contributed by atoms with van der Waals surface area (Å²) in [6, 6.07) is 0. The molecular formula is C11H11NO3. The summed E-state index contributed by atoms with van der Waals surface area (Å²) in [6.07, 6.45) is 10.5. The Labute approximate surface area is 87.3 Å². The third-order valence-electron chi connectivity index (χ3n) is 2.14. The third kappa shape index (κ3) is 2.10. The van der Waals surface area contributed by atoms with Gasteiger partial charge in [-0.2, -0.15) is 0 Å². The summed E-state index contributed by atoms with van der Waals surface area (Å²) in [5.74, 6) is -0.0499. The predicted molar refractivity (Wildman–Crippen MR) is 54.0 cm³/mol. The summed E-state index contributed by atoms with van der Waals surface area (Å²) in [6.45, 7) is 0. The zero-order valence-electron chi connectivity index (χ0n) is 8.10. The van der Waals surface area contributed by atoms with Crippen molar-refractivity contribution in [1.82, 2.24) is 0 Å². The molecule has 0 fully saturated rings. The molecule has 1 amide bonds. The molecule has 4 heteroatoms. The fourth-order valence-corrected chi connectivity index (χ4v) is 1.38. The highest BCUT2D eigenvalue weighted by molar-refractivity contribution is 5.90. The summed E-state index contributed by atoms with van der Waals surface area (Å²) in [7, 11) is 0. The van der Waals surface area contributed by atoms with Gasteiger partial charge in [0.25, 0.3) is 5.91 Å². The highest BCUT2D eigenvalue weighted by atomic mass is 16.5. The average Bonchev–Trinajstić information content (AvgIpc) is 2.30. The largest absolute Gasteiger partial charge is 0.465 e. The first-order chi connectivity index (χ1) is 7.27. The molecule has 0 aromatic rings. The molecule has 2 rings (SSSR count). The standard InChI is InChI=1S/C11H11NO3/c12-11(13)10-7-14-6-9(15-10)8-4-2-1-3-5-8/h1-2,4,6-7H,3,5H2,(H2,12,13). The first kappa shape index (κ1) is 9.58. The number of nitrogens with two attached hydrogens (primary N) is 1. The van der Waals surface area contributed by atoms with Crippen LogP contribution in [-0.2, 0) is 14.3 Å². The summed E-state index contributed by atoms with van der Waals surface area (Å²) in [4.78, 5) is 10.9. The first-order valence-electron chi connectivity index (χ1n) is 4.67. The van der Waals surface area contributed by atoms with Crippen molar-refractivity contribution in [2.24, 2.45) is 5.73 Å². The van der Waals surface area contributed by atoms with Gasteiger partial charge in [-0.05, 0) is 18.4 Å². The van der Waals surface area contributed by atoms with Crippen LogP contribution in [0.15, 0.2) is 47.8 Å². The Kier molecular flexibility index (Phi) is 2.58. The Morgan fingerprint density at radius 2 is 2.27 bits per heavy atom. The molecule has 78 valence electrons. The Morgan fingerprint density at radius 3 is 2.93 bits per heavy atom. The maximum atomic E-state index is 10.9. The Morgan fingerprint density at radius 1 is 1.40 bits per heavy atom. The second kappa shape index (κ2) is 4.04. The summed E-state index contributed by atoms with van der Waals surface area (Å²) < 4.78 is 10.3. The van der Waals surface area contributed by atoms with E-state index in [0.29, 0.717) is 5.76 Å². The third-order valence-corrected chi connectivity index (χ3v) is 2.14. The number of allylic oxidation sites excluding steroid dienone is 4. The molecule has 2 aliphatic rings. The van der Waals surface area contributed by atoms with Crippen molar-refractivity contribution in [2.75, 3.05) is 0 Å². The van der Waals surface area contributed by atoms with Gasteiger partial charge in [-0.1, -0.05) is 18.2 Å². The van der Waals surface area contributed by atoms with E-state index in [1.807, 2.05) is 12.2 Å². The lowest BCUT2D eigenvalue weighted by Crippen LogP contribution is -2.18. The molecule has 0 saturated carbocycles. The van der Waals surface area contributed by atoms with E-state index in [4.69, 9.17) is 15.2 Å². The van der Waals surface area contributed by atoms with Crippen molar-refractivity contribution >= 4 is 5.91 Å². The first-order valence-corrected chi connectivity index (χ1v) is 4.67. The van der Waals surface area contributed by atoms with Crippen molar-refractivity contribution in [3.63, 3.8) is 0 Å². The molecule has 0 aromatic heterocycles. The van der Waals surface area contributed by atoms with Crippen LogP contribution in [0.2, 0.25) is 0 Å². The summed E-state index contributed by atoms with van der Waals surface area (Å²) in [5.41, 5.74) is 6.09. The minimum absolute atomic E-state index is 0.0305. The lowest BCUT2D eigenvalue weighted by Gasteiger charge is -2.17. The van der Waals surface area contributed by atoms with Crippen LogP contribution < -0.4 is 5.73 Å². The fraction of sp³-hybridized carbons (Fsp3) is 0.182. The zero-order valence-corrected chi connectivity index (χ0v) is 8.10.